The standard InChI is InChI=1S/C22H28N6O5S/c1-4-22(3)20(30)28(21(31)24-22)25-18(29)14-26-8-10-27(11-9-26)34(32,33)17-7-5-6-16-12-15(2)13-23-19(16)17/h5-7,12-13H,4,8-11,14H2,1-3H3,(H,24,31)(H,25,29). The van der Waals surface area contributed by atoms with E-state index < -0.39 is 33.4 Å². The Morgan fingerprint density at radius 2 is 1.91 bits per heavy atom. The number of fused-ring (bicyclic) bond motifs is 1. The predicted octanol–water partition coefficient (Wildman–Crippen LogP) is 0.601. The normalized spacial score (nSPS) is 22.3. The summed E-state index contributed by atoms with van der Waals surface area (Å²) in [7, 11) is -3.76. The van der Waals surface area contributed by atoms with Crippen LogP contribution < -0.4 is 10.7 Å². The third-order valence-electron chi connectivity index (χ3n) is 6.33. The lowest BCUT2D eigenvalue weighted by molar-refractivity contribution is -0.139. The van der Waals surface area contributed by atoms with Crippen molar-refractivity contribution >= 4 is 38.8 Å². The number of rotatable bonds is 6. The predicted molar refractivity (Wildman–Crippen MR) is 124 cm³/mol. The van der Waals surface area contributed by atoms with Crippen LogP contribution in [0, 0.1) is 6.92 Å². The zero-order valence-electron chi connectivity index (χ0n) is 19.4. The van der Waals surface area contributed by atoms with Crippen LogP contribution in [-0.2, 0) is 19.6 Å². The van der Waals surface area contributed by atoms with Crippen molar-refractivity contribution in [3.05, 3.63) is 36.0 Å². The zero-order valence-corrected chi connectivity index (χ0v) is 20.2. The van der Waals surface area contributed by atoms with Crippen molar-refractivity contribution in [1.82, 2.24) is 29.9 Å². The molecule has 4 rings (SSSR count). The average molecular weight is 489 g/mol. The SMILES string of the molecule is CCC1(C)NC(=O)N(NC(=O)CN2CCN(S(=O)(=O)c3cccc4cc(C)cnc34)CC2)C1=O. The van der Waals surface area contributed by atoms with Crippen LogP contribution in [0.3, 0.4) is 0 Å². The molecule has 0 saturated carbocycles. The van der Waals surface area contributed by atoms with Crippen molar-refractivity contribution in [1.29, 1.82) is 0 Å². The molecule has 1 aromatic heterocycles. The molecule has 2 aliphatic heterocycles. The number of hydrogen-bond donors (Lipinski definition) is 2. The Morgan fingerprint density at radius 1 is 1.21 bits per heavy atom. The van der Waals surface area contributed by atoms with Gasteiger partial charge in [0.15, 0.2) is 0 Å². The van der Waals surface area contributed by atoms with E-state index in [-0.39, 0.29) is 24.5 Å². The summed E-state index contributed by atoms with van der Waals surface area (Å²) in [5, 5.41) is 4.04. The van der Waals surface area contributed by atoms with Gasteiger partial charge in [0, 0.05) is 37.8 Å². The van der Waals surface area contributed by atoms with E-state index in [1.54, 1.807) is 37.1 Å². The molecule has 12 heteroatoms. The third kappa shape index (κ3) is 4.36. The van der Waals surface area contributed by atoms with Gasteiger partial charge in [-0.3, -0.25) is 24.9 Å². The number of pyridine rings is 1. The van der Waals surface area contributed by atoms with Crippen molar-refractivity contribution in [2.24, 2.45) is 0 Å². The topological polar surface area (TPSA) is 132 Å². The molecule has 2 N–H and O–H groups in total. The Hall–Kier alpha value is -3.09. The van der Waals surface area contributed by atoms with Gasteiger partial charge in [-0.05, 0) is 38.0 Å². The first-order chi connectivity index (χ1) is 16.0. The molecule has 4 amide bonds. The number of aryl methyl sites for hydroxylation is 1. The molecule has 0 spiro atoms. The number of aromatic nitrogens is 1. The maximum Gasteiger partial charge on any atom is 0.344 e. The molecular weight excluding hydrogens is 460 g/mol. The highest BCUT2D eigenvalue weighted by molar-refractivity contribution is 7.89. The van der Waals surface area contributed by atoms with Crippen molar-refractivity contribution < 1.29 is 22.8 Å². The summed E-state index contributed by atoms with van der Waals surface area (Å²) < 4.78 is 28.0. The molecule has 1 unspecified atom stereocenters. The second-order valence-electron chi connectivity index (χ2n) is 8.81. The van der Waals surface area contributed by atoms with E-state index in [1.807, 2.05) is 19.1 Å². The van der Waals surface area contributed by atoms with Crippen LogP contribution in [0.4, 0.5) is 4.79 Å². The average Bonchev–Trinajstić information content (AvgIpc) is 3.02. The molecule has 0 aliphatic carbocycles. The summed E-state index contributed by atoms with van der Waals surface area (Å²) in [6.45, 7) is 6.27. The van der Waals surface area contributed by atoms with Gasteiger partial charge in [-0.15, -0.1) is 0 Å². The van der Waals surface area contributed by atoms with Crippen LogP contribution in [0.25, 0.3) is 10.9 Å². The molecular formula is C22H28N6O5S. The fourth-order valence-electron chi connectivity index (χ4n) is 4.11. The van der Waals surface area contributed by atoms with E-state index in [9.17, 15) is 22.8 Å². The second-order valence-corrected chi connectivity index (χ2v) is 10.7. The first-order valence-corrected chi connectivity index (χ1v) is 12.5. The monoisotopic (exact) mass is 488 g/mol. The van der Waals surface area contributed by atoms with Gasteiger partial charge in [-0.25, -0.2) is 13.2 Å². The molecule has 2 fully saturated rings. The van der Waals surface area contributed by atoms with Gasteiger partial charge in [0.1, 0.15) is 10.4 Å². The molecule has 2 saturated heterocycles. The summed E-state index contributed by atoms with van der Waals surface area (Å²) in [5.74, 6) is -1.03. The zero-order chi connectivity index (χ0) is 24.7. The van der Waals surface area contributed by atoms with Gasteiger partial charge in [0.2, 0.25) is 10.0 Å². The molecule has 1 atom stereocenters. The van der Waals surface area contributed by atoms with Crippen LogP contribution in [0.1, 0.15) is 25.8 Å². The Labute approximate surface area is 198 Å². The van der Waals surface area contributed by atoms with Crippen molar-refractivity contribution in [2.75, 3.05) is 32.7 Å². The highest BCUT2D eigenvalue weighted by atomic mass is 32.2. The van der Waals surface area contributed by atoms with Gasteiger partial charge in [0.05, 0.1) is 12.1 Å². The van der Waals surface area contributed by atoms with Crippen LogP contribution in [-0.4, -0.2) is 83.7 Å². The lowest BCUT2D eigenvalue weighted by Gasteiger charge is -2.33. The quantitative estimate of drug-likeness (QED) is 0.569. The van der Waals surface area contributed by atoms with Gasteiger partial charge in [0.25, 0.3) is 11.8 Å². The van der Waals surface area contributed by atoms with Crippen molar-refractivity contribution in [3.8, 4) is 0 Å². The fraction of sp³-hybridized carbons (Fsp3) is 0.455. The third-order valence-corrected chi connectivity index (χ3v) is 8.26. The van der Waals surface area contributed by atoms with Gasteiger partial charge >= 0.3 is 6.03 Å². The number of hydrazine groups is 1. The second kappa shape index (κ2) is 8.93. The van der Waals surface area contributed by atoms with Crippen LogP contribution >= 0.6 is 0 Å². The molecule has 182 valence electrons. The number of para-hydroxylation sites is 1. The largest absolute Gasteiger partial charge is 0.344 e. The smallest absolute Gasteiger partial charge is 0.322 e. The highest BCUT2D eigenvalue weighted by Gasteiger charge is 2.47. The number of amides is 4. The number of piperazine rings is 1. The van der Waals surface area contributed by atoms with E-state index in [4.69, 9.17) is 0 Å². The summed E-state index contributed by atoms with van der Waals surface area (Å²) in [5.41, 5.74) is 2.69. The van der Waals surface area contributed by atoms with E-state index in [0.717, 1.165) is 10.9 Å². The molecule has 3 heterocycles. The molecule has 11 nitrogen and oxygen atoms in total. The van der Waals surface area contributed by atoms with E-state index >= 15 is 0 Å². The molecule has 0 bridgehead atoms. The Morgan fingerprint density at radius 3 is 2.56 bits per heavy atom. The molecule has 0 radical (unpaired) electrons. The number of hydrogen-bond acceptors (Lipinski definition) is 7. The molecule has 2 aliphatic rings. The van der Waals surface area contributed by atoms with Crippen molar-refractivity contribution in [2.45, 2.75) is 37.6 Å². The summed E-state index contributed by atoms with van der Waals surface area (Å²) in [6.07, 6.45) is 2.04. The van der Waals surface area contributed by atoms with Gasteiger partial charge < -0.3 is 5.32 Å². The number of urea groups is 1. The Balaban J connectivity index is 1.38. The summed E-state index contributed by atoms with van der Waals surface area (Å²) in [4.78, 5) is 43.3. The molecule has 1 aromatic carbocycles. The summed E-state index contributed by atoms with van der Waals surface area (Å²) in [6, 6.07) is 6.32. The molecule has 2 aromatic rings. The maximum absolute atomic E-state index is 13.3. The van der Waals surface area contributed by atoms with E-state index in [1.165, 1.54) is 4.31 Å². The highest BCUT2D eigenvalue weighted by Crippen LogP contribution is 2.25. The number of nitrogens with zero attached hydrogens (tertiary/aromatic N) is 4. The number of nitrogens with one attached hydrogen (secondary N) is 2. The van der Waals surface area contributed by atoms with Gasteiger partial charge in [-0.2, -0.15) is 9.31 Å². The maximum atomic E-state index is 13.3. The number of benzene rings is 1. The van der Waals surface area contributed by atoms with E-state index in [2.05, 4.69) is 15.7 Å². The first kappa shape index (κ1) is 24.0. The number of sulfonamides is 1. The summed E-state index contributed by atoms with van der Waals surface area (Å²) >= 11 is 0. The number of carbonyl (C=O) groups is 3. The fourth-order valence-corrected chi connectivity index (χ4v) is 5.69. The minimum absolute atomic E-state index is 0.0666. The lowest BCUT2D eigenvalue weighted by atomic mass is 10.00. The minimum atomic E-state index is -3.76. The van der Waals surface area contributed by atoms with Crippen molar-refractivity contribution in [3.63, 3.8) is 0 Å². The Kier molecular flexibility index (Phi) is 6.32. The Bertz CT molecular complexity index is 1260. The number of imide groups is 1. The first-order valence-electron chi connectivity index (χ1n) is 11.1. The molecule has 34 heavy (non-hydrogen) atoms. The van der Waals surface area contributed by atoms with Crippen LogP contribution in [0.2, 0.25) is 0 Å². The lowest BCUT2D eigenvalue weighted by Crippen LogP contribution is -2.54. The van der Waals surface area contributed by atoms with Crippen LogP contribution in [0.5, 0.6) is 0 Å². The van der Waals surface area contributed by atoms with Gasteiger partial charge in [-0.1, -0.05) is 19.1 Å². The van der Waals surface area contributed by atoms with Crippen LogP contribution in [0.15, 0.2) is 35.4 Å². The number of carbonyl (C=O) groups excluding carboxylic acids is 3. The minimum Gasteiger partial charge on any atom is -0.322 e. The van der Waals surface area contributed by atoms with E-state index in [0.29, 0.717) is 30.0 Å².